The maximum atomic E-state index is 8.50. The molecular weight excluding hydrogens is 124 g/mol. The summed E-state index contributed by atoms with van der Waals surface area (Å²) in [7, 11) is 0. The highest BCUT2D eigenvalue weighted by atomic mass is 16.3. The van der Waals surface area contributed by atoms with Gasteiger partial charge in [-0.1, -0.05) is 10.2 Å². The van der Waals surface area contributed by atoms with E-state index in [9.17, 15) is 0 Å². The molecule has 48 valence electrons. The SMILES string of the molecule is [N-]=[N+]=NCC(O)N=[N+]=[N-]. The highest BCUT2D eigenvalue weighted by Gasteiger charge is 1.94. The lowest BCUT2D eigenvalue weighted by molar-refractivity contribution is 0.191. The van der Waals surface area contributed by atoms with Crippen LogP contribution in [0, 0.1) is 0 Å². The van der Waals surface area contributed by atoms with E-state index in [-0.39, 0.29) is 6.54 Å². The Kier molecular flexibility index (Phi) is 3.99. The zero-order valence-electron chi connectivity index (χ0n) is 4.41. The number of aliphatic hydroxyl groups excluding tert-OH is 1. The molecule has 0 saturated carbocycles. The summed E-state index contributed by atoms with van der Waals surface area (Å²) in [5.41, 5.74) is 15.4. The quantitative estimate of drug-likeness (QED) is 0.339. The van der Waals surface area contributed by atoms with Crippen molar-refractivity contribution in [2.75, 3.05) is 6.54 Å². The second kappa shape index (κ2) is 4.73. The first-order chi connectivity index (χ1) is 4.31. The van der Waals surface area contributed by atoms with Gasteiger partial charge in [0.25, 0.3) is 0 Å². The van der Waals surface area contributed by atoms with Gasteiger partial charge in [0, 0.05) is 9.82 Å². The lowest BCUT2D eigenvalue weighted by Gasteiger charge is -1.92. The summed E-state index contributed by atoms with van der Waals surface area (Å²) in [6, 6.07) is 0. The van der Waals surface area contributed by atoms with Gasteiger partial charge in [-0.25, -0.2) is 0 Å². The number of aliphatic hydroxyl groups is 1. The lowest BCUT2D eigenvalue weighted by atomic mass is 10.6. The molecule has 0 amide bonds. The summed E-state index contributed by atoms with van der Waals surface area (Å²) in [6.07, 6.45) is -1.24. The van der Waals surface area contributed by atoms with Gasteiger partial charge < -0.3 is 5.11 Å². The molecule has 0 saturated heterocycles. The van der Waals surface area contributed by atoms with Crippen LogP contribution < -0.4 is 0 Å². The van der Waals surface area contributed by atoms with Crippen molar-refractivity contribution in [3.63, 3.8) is 0 Å². The van der Waals surface area contributed by atoms with Crippen LogP contribution in [0.2, 0.25) is 0 Å². The van der Waals surface area contributed by atoms with Gasteiger partial charge in [-0.3, -0.25) is 0 Å². The number of hydrogen-bond donors (Lipinski definition) is 1. The Morgan fingerprint density at radius 3 is 2.56 bits per heavy atom. The monoisotopic (exact) mass is 128 g/mol. The lowest BCUT2D eigenvalue weighted by Crippen LogP contribution is -2.03. The van der Waals surface area contributed by atoms with Crippen LogP contribution in [0.15, 0.2) is 10.2 Å². The maximum absolute atomic E-state index is 8.50. The van der Waals surface area contributed by atoms with Crippen LogP contribution in [0.25, 0.3) is 20.9 Å². The van der Waals surface area contributed by atoms with Crippen molar-refractivity contribution in [2.24, 2.45) is 10.2 Å². The predicted octanol–water partition coefficient (Wildman–Crippen LogP) is 0.925. The molecule has 7 nitrogen and oxygen atoms in total. The van der Waals surface area contributed by atoms with E-state index >= 15 is 0 Å². The summed E-state index contributed by atoms with van der Waals surface area (Å²) < 4.78 is 0. The summed E-state index contributed by atoms with van der Waals surface area (Å²) in [5.74, 6) is 0. The Bertz CT molecular complexity index is 164. The minimum absolute atomic E-state index is 0.222. The molecule has 0 heterocycles. The van der Waals surface area contributed by atoms with Crippen molar-refractivity contribution in [1.29, 1.82) is 0 Å². The molecule has 0 aliphatic heterocycles. The summed E-state index contributed by atoms with van der Waals surface area (Å²) in [6.45, 7) is -0.222. The van der Waals surface area contributed by atoms with Crippen molar-refractivity contribution in [2.45, 2.75) is 6.23 Å². The third-order valence-corrected chi connectivity index (χ3v) is 0.493. The van der Waals surface area contributed by atoms with E-state index in [4.69, 9.17) is 16.2 Å². The van der Waals surface area contributed by atoms with E-state index in [2.05, 4.69) is 20.1 Å². The largest absolute Gasteiger partial charge is 0.387 e. The molecule has 0 aliphatic rings. The van der Waals surface area contributed by atoms with Gasteiger partial charge >= 0.3 is 0 Å². The molecule has 0 aromatic carbocycles. The number of rotatable bonds is 3. The van der Waals surface area contributed by atoms with Gasteiger partial charge in [0.2, 0.25) is 0 Å². The van der Waals surface area contributed by atoms with Crippen LogP contribution in [-0.2, 0) is 0 Å². The summed E-state index contributed by atoms with van der Waals surface area (Å²) >= 11 is 0. The first kappa shape index (κ1) is 7.58. The maximum Gasteiger partial charge on any atom is 0.138 e. The molecule has 0 fully saturated rings. The topological polar surface area (TPSA) is 118 Å². The molecule has 0 aliphatic carbocycles. The van der Waals surface area contributed by atoms with Crippen LogP contribution in [0.3, 0.4) is 0 Å². The normalized spacial score (nSPS) is 10.8. The molecule has 0 aromatic heterocycles. The molecular formula is C2H4N6O. The average Bonchev–Trinajstić information content (AvgIpc) is 1.85. The minimum atomic E-state index is -1.24. The van der Waals surface area contributed by atoms with Crippen LogP contribution in [0.1, 0.15) is 0 Å². The van der Waals surface area contributed by atoms with Gasteiger partial charge in [0.1, 0.15) is 6.23 Å². The summed E-state index contributed by atoms with van der Waals surface area (Å²) in [4.78, 5) is 4.62. The fraction of sp³-hybridized carbons (Fsp3) is 1.00. The van der Waals surface area contributed by atoms with Crippen molar-refractivity contribution in [3.8, 4) is 0 Å². The van der Waals surface area contributed by atoms with Gasteiger partial charge in [-0.2, -0.15) is 0 Å². The smallest absolute Gasteiger partial charge is 0.138 e. The Labute approximate surface area is 50.2 Å². The molecule has 1 unspecified atom stereocenters. The third-order valence-electron chi connectivity index (χ3n) is 0.493. The first-order valence-electron chi connectivity index (χ1n) is 2.04. The van der Waals surface area contributed by atoms with Crippen molar-refractivity contribution in [3.05, 3.63) is 20.9 Å². The average molecular weight is 128 g/mol. The van der Waals surface area contributed by atoms with E-state index in [0.717, 1.165) is 0 Å². The molecule has 7 heteroatoms. The molecule has 0 radical (unpaired) electrons. The Morgan fingerprint density at radius 2 is 2.11 bits per heavy atom. The van der Waals surface area contributed by atoms with E-state index in [1.165, 1.54) is 0 Å². The van der Waals surface area contributed by atoms with Crippen molar-refractivity contribution >= 4 is 0 Å². The molecule has 0 spiro atoms. The number of hydrogen-bond acceptors (Lipinski definition) is 3. The Morgan fingerprint density at radius 1 is 1.44 bits per heavy atom. The number of azide groups is 2. The van der Waals surface area contributed by atoms with Crippen LogP contribution in [0.5, 0.6) is 0 Å². The van der Waals surface area contributed by atoms with E-state index in [1.807, 2.05) is 0 Å². The summed E-state index contributed by atoms with van der Waals surface area (Å²) in [5, 5.41) is 14.3. The van der Waals surface area contributed by atoms with E-state index < -0.39 is 6.23 Å². The molecule has 9 heavy (non-hydrogen) atoms. The van der Waals surface area contributed by atoms with Gasteiger partial charge in [0.05, 0.1) is 6.54 Å². The van der Waals surface area contributed by atoms with E-state index in [0.29, 0.717) is 0 Å². The van der Waals surface area contributed by atoms with E-state index in [1.54, 1.807) is 0 Å². The highest BCUT2D eigenvalue weighted by Crippen LogP contribution is 1.85. The number of nitrogens with zero attached hydrogens (tertiary/aromatic N) is 6. The second-order valence-electron chi connectivity index (χ2n) is 1.10. The van der Waals surface area contributed by atoms with Crippen LogP contribution in [-0.4, -0.2) is 17.9 Å². The van der Waals surface area contributed by atoms with Crippen LogP contribution >= 0.6 is 0 Å². The molecule has 0 rings (SSSR count). The predicted molar refractivity (Wildman–Crippen MR) is 29.2 cm³/mol. The standard InChI is InChI=1S/C2H4N6O/c3-7-5-1-2(9)6-8-4/h2,9H,1H2. The fourth-order valence-electron chi connectivity index (χ4n) is 0.206. The fourth-order valence-corrected chi connectivity index (χ4v) is 0.206. The molecule has 0 aromatic rings. The second-order valence-corrected chi connectivity index (χ2v) is 1.10. The van der Waals surface area contributed by atoms with Crippen molar-refractivity contribution < 1.29 is 5.11 Å². The van der Waals surface area contributed by atoms with Gasteiger partial charge in [-0.15, -0.1) is 0 Å². The van der Waals surface area contributed by atoms with Crippen LogP contribution in [0.4, 0.5) is 0 Å². The molecule has 1 atom stereocenters. The third kappa shape index (κ3) is 4.43. The van der Waals surface area contributed by atoms with Gasteiger partial charge in [0.15, 0.2) is 0 Å². The zero-order chi connectivity index (χ0) is 7.11. The molecule has 1 N–H and O–H groups in total. The molecule has 0 bridgehead atoms. The Hall–Kier alpha value is -1.42. The Balaban J connectivity index is 3.62. The minimum Gasteiger partial charge on any atom is -0.387 e. The highest BCUT2D eigenvalue weighted by molar-refractivity contribution is 4.56. The van der Waals surface area contributed by atoms with Gasteiger partial charge in [-0.05, 0) is 11.1 Å². The zero-order valence-corrected chi connectivity index (χ0v) is 4.41. The van der Waals surface area contributed by atoms with Crippen molar-refractivity contribution in [1.82, 2.24) is 0 Å². The first-order valence-corrected chi connectivity index (χ1v) is 2.04.